The minimum Gasteiger partial charge on any atom is -0.462 e. The van der Waals surface area contributed by atoms with Crippen LogP contribution in [0.15, 0.2) is 0 Å². The summed E-state index contributed by atoms with van der Waals surface area (Å²) in [4.78, 5) is 12.5. The van der Waals surface area contributed by atoms with Crippen molar-refractivity contribution in [2.24, 2.45) is 23.7 Å². The Bertz CT molecular complexity index is 389. The lowest BCUT2D eigenvalue weighted by molar-refractivity contribution is -0.155. The number of ether oxygens (including phenoxy) is 1. The van der Waals surface area contributed by atoms with E-state index >= 15 is 0 Å². The number of hydrogen-bond donors (Lipinski definition) is 0. The zero-order valence-electron chi connectivity index (χ0n) is 18.5. The maximum Gasteiger partial charge on any atom is 0.309 e. The predicted octanol–water partition coefficient (Wildman–Crippen LogP) is 7.69. The molecule has 0 saturated heterocycles. The van der Waals surface area contributed by atoms with Gasteiger partial charge in [0.2, 0.25) is 0 Å². The minimum absolute atomic E-state index is 0.0970. The Kier molecular flexibility index (Phi) is 10.8. The number of unbranched alkanes of at least 4 members (excludes halogenated alkanes) is 4. The lowest BCUT2D eigenvalue weighted by atomic mass is 9.68. The van der Waals surface area contributed by atoms with E-state index in [9.17, 15) is 4.79 Å². The second kappa shape index (κ2) is 12.8. The van der Waals surface area contributed by atoms with Gasteiger partial charge in [-0.25, -0.2) is 0 Å². The summed E-state index contributed by atoms with van der Waals surface area (Å²) in [7, 11) is 0. The van der Waals surface area contributed by atoms with Gasteiger partial charge in [-0.15, -0.1) is 0 Å². The number of carbonyl (C=O) groups excluding carboxylic acids is 1. The van der Waals surface area contributed by atoms with Gasteiger partial charge in [0, 0.05) is 0 Å². The quantitative estimate of drug-likeness (QED) is 0.272. The minimum atomic E-state index is 0.0970. The first kappa shape index (κ1) is 22.8. The number of hydrogen-bond acceptors (Lipinski definition) is 2. The molecule has 2 aliphatic rings. The molecule has 0 radical (unpaired) electrons. The first-order chi connectivity index (χ1) is 13.1. The zero-order chi connectivity index (χ0) is 19.5. The van der Waals surface area contributed by atoms with Gasteiger partial charge in [-0.1, -0.05) is 65.2 Å². The molecule has 158 valence electrons. The van der Waals surface area contributed by atoms with Crippen molar-refractivity contribution in [3.8, 4) is 0 Å². The maximum absolute atomic E-state index is 12.5. The van der Waals surface area contributed by atoms with E-state index < -0.39 is 0 Å². The van der Waals surface area contributed by atoms with Gasteiger partial charge in [-0.05, 0) is 76.0 Å². The number of rotatable bonds is 11. The molecule has 0 heterocycles. The lowest BCUT2D eigenvalue weighted by Gasteiger charge is -2.37. The van der Waals surface area contributed by atoms with Gasteiger partial charge in [-0.2, -0.15) is 0 Å². The summed E-state index contributed by atoms with van der Waals surface area (Å²) >= 11 is 0. The Labute approximate surface area is 169 Å². The van der Waals surface area contributed by atoms with E-state index in [0.29, 0.717) is 0 Å². The molecule has 0 aromatic heterocycles. The maximum atomic E-state index is 12.5. The molecule has 2 saturated carbocycles. The summed E-state index contributed by atoms with van der Waals surface area (Å²) in [6.45, 7) is 6.62. The van der Waals surface area contributed by atoms with Crippen LogP contribution in [0, 0.1) is 23.7 Å². The normalized spacial score (nSPS) is 30.0. The molecule has 2 heteroatoms. The summed E-state index contributed by atoms with van der Waals surface area (Å²) in [5, 5.41) is 0. The SMILES string of the molecule is CCCCCC[C@@H](C)OC(=O)C1CCC(C2CCC(CCCC)CC2)CC1. The van der Waals surface area contributed by atoms with Crippen molar-refractivity contribution in [2.75, 3.05) is 0 Å². The fraction of sp³-hybridized carbons (Fsp3) is 0.960. The largest absolute Gasteiger partial charge is 0.462 e. The van der Waals surface area contributed by atoms with Gasteiger partial charge in [0.1, 0.15) is 0 Å². The van der Waals surface area contributed by atoms with Gasteiger partial charge in [0.15, 0.2) is 0 Å². The van der Waals surface area contributed by atoms with Crippen LogP contribution in [0.3, 0.4) is 0 Å². The average Bonchev–Trinajstić information content (AvgIpc) is 2.70. The number of esters is 1. The lowest BCUT2D eigenvalue weighted by Crippen LogP contribution is -2.30. The van der Waals surface area contributed by atoms with E-state index in [2.05, 4.69) is 20.8 Å². The molecule has 0 unspecified atom stereocenters. The summed E-state index contributed by atoms with van der Waals surface area (Å²) in [6, 6.07) is 0. The summed E-state index contributed by atoms with van der Waals surface area (Å²) < 4.78 is 5.76. The van der Waals surface area contributed by atoms with Crippen LogP contribution in [0.25, 0.3) is 0 Å². The van der Waals surface area contributed by atoms with Gasteiger partial charge in [0.05, 0.1) is 12.0 Å². The van der Waals surface area contributed by atoms with E-state index in [1.165, 1.54) is 83.5 Å². The van der Waals surface area contributed by atoms with Crippen molar-refractivity contribution in [3.63, 3.8) is 0 Å². The van der Waals surface area contributed by atoms with Crippen LogP contribution >= 0.6 is 0 Å². The molecular weight excluding hydrogens is 332 g/mol. The highest BCUT2D eigenvalue weighted by atomic mass is 16.5. The number of carbonyl (C=O) groups is 1. The highest BCUT2D eigenvalue weighted by Crippen LogP contribution is 2.42. The molecule has 0 aliphatic heterocycles. The Morgan fingerprint density at radius 2 is 1.41 bits per heavy atom. The average molecular weight is 379 g/mol. The Hall–Kier alpha value is -0.530. The fourth-order valence-electron chi connectivity index (χ4n) is 5.48. The van der Waals surface area contributed by atoms with Gasteiger partial charge in [0.25, 0.3) is 0 Å². The molecule has 0 aromatic carbocycles. The summed E-state index contributed by atoms with van der Waals surface area (Å²) in [5.41, 5.74) is 0. The van der Waals surface area contributed by atoms with Crippen LogP contribution in [0.5, 0.6) is 0 Å². The third kappa shape index (κ3) is 8.16. The Balaban J connectivity index is 1.61. The Morgan fingerprint density at radius 1 is 0.815 bits per heavy atom. The van der Waals surface area contributed by atoms with Crippen molar-refractivity contribution >= 4 is 5.97 Å². The molecule has 0 spiro atoms. The van der Waals surface area contributed by atoms with E-state index in [4.69, 9.17) is 4.74 Å². The summed E-state index contributed by atoms with van der Waals surface area (Å²) in [5.74, 6) is 3.11. The van der Waals surface area contributed by atoms with E-state index in [0.717, 1.165) is 37.0 Å². The van der Waals surface area contributed by atoms with Crippen molar-refractivity contribution in [2.45, 2.75) is 130 Å². The molecular formula is C25H46O2. The second-order valence-corrected chi connectivity index (χ2v) is 9.63. The van der Waals surface area contributed by atoms with E-state index in [1.54, 1.807) is 0 Å². The van der Waals surface area contributed by atoms with Crippen LogP contribution in [0.1, 0.15) is 124 Å². The molecule has 2 nitrogen and oxygen atoms in total. The van der Waals surface area contributed by atoms with Gasteiger partial charge in [-0.3, -0.25) is 4.79 Å². The molecule has 0 aromatic rings. The molecule has 2 fully saturated rings. The third-order valence-corrected chi connectivity index (χ3v) is 7.41. The van der Waals surface area contributed by atoms with Crippen LogP contribution in [0.2, 0.25) is 0 Å². The predicted molar refractivity (Wildman–Crippen MR) is 115 cm³/mol. The van der Waals surface area contributed by atoms with E-state index in [-0.39, 0.29) is 18.0 Å². The Morgan fingerprint density at radius 3 is 2.00 bits per heavy atom. The van der Waals surface area contributed by atoms with Crippen molar-refractivity contribution in [1.29, 1.82) is 0 Å². The molecule has 2 rings (SSSR count). The molecule has 0 amide bonds. The highest BCUT2D eigenvalue weighted by molar-refractivity contribution is 5.72. The fourth-order valence-corrected chi connectivity index (χ4v) is 5.48. The third-order valence-electron chi connectivity index (χ3n) is 7.41. The van der Waals surface area contributed by atoms with Crippen molar-refractivity contribution in [1.82, 2.24) is 0 Å². The molecule has 0 bridgehead atoms. The van der Waals surface area contributed by atoms with Gasteiger partial charge >= 0.3 is 5.97 Å². The standard InChI is InChI=1S/C25H46O2/c1-4-6-8-9-10-20(3)27-25(26)24-18-16-23(17-19-24)22-14-12-21(13-15-22)11-7-5-2/h20-24H,4-19H2,1-3H3/t20-,21?,22?,23?,24?/m1/s1. The smallest absolute Gasteiger partial charge is 0.309 e. The van der Waals surface area contributed by atoms with Crippen LogP contribution < -0.4 is 0 Å². The second-order valence-electron chi connectivity index (χ2n) is 9.63. The van der Waals surface area contributed by atoms with Gasteiger partial charge < -0.3 is 4.74 Å². The molecule has 0 N–H and O–H groups in total. The zero-order valence-corrected chi connectivity index (χ0v) is 18.5. The molecule has 2 aliphatic carbocycles. The highest BCUT2D eigenvalue weighted by Gasteiger charge is 2.33. The summed E-state index contributed by atoms with van der Waals surface area (Å²) in [6.07, 6.45) is 20.8. The molecule has 27 heavy (non-hydrogen) atoms. The van der Waals surface area contributed by atoms with Crippen molar-refractivity contribution in [3.05, 3.63) is 0 Å². The van der Waals surface area contributed by atoms with Crippen LogP contribution in [-0.4, -0.2) is 12.1 Å². The first-order valence-corrected chi connectivity index (χ1v) is 12.3. The van der Waals surface area contributed by atoms with Crippen LogP contribution in [-0.2, 0) is 9.53 Å². The monoisotopic (exact) mass is 378 g/mol. The molecule has 1 atom stereocenters. The topological polar surface area (TPSA) is 26.3 Å². The first-order valence-electron chi connectivity index (χ1n) is 12.3. The van der Waals surface area contributed by atoms with Crippen LogP contribution in [0.4, 0.5) is 0 Å². The van der Waals surface area contributed by atoms with E-state index in [1.807, 2.05) is 0 Å². The van der Waals surface area contributed by atoms with Crippen molar-refractivity contribution < 1.29 is 9.53 Å².